The molecule has 0 spiro atoms. The molecule has 1 aromatic carbocycles. The first kappa shape index (κ1) is 16.7. The van der Waals surface area contributed by atoms with Gasteiger partial charge in [-0.15, -0.1) is 0 Å². The second kappa shape index (κ2) is 6.03. The van der Waals surface area contributed by atoms with Crippen molar-refractivity contribution in [3.8, 4) is 0 Å². The molecule has 1 saturated heterocycles. The number of hydrogen-bond donors (Lipinski definition) is 0. The highest BCUT2D eigenvalue weighted by molar-refractivity contribution is 5.98. The summed E-state index contributed by atoms with van der Waals surface area (Å²) in [4.78, 5) is 18.1. The molecule has 2 heterocycles. The molecular formula is C17H16F4N2O. The Kier molecular flexibility index (Phi) is 4.19. The predicted octanol–water partition coefficient (Wildman–Crippen LogP) is 4.10. The molecule has 1 aliphatic heterocycles. The van der Waals surface area contributed by atoms with Gasteiger partial charge in [-0.05, 0) is 38.0 Å². The topological polar surface area (TPSA) is 33.2 Å². The summed E-state index contributed by atoms with van der Waals surface area (Å²) in [5.41, 5.74) is 1.06. The largest absolute Gasteiger partial charge is 0.393 e. The van der Waals surface area contributed by atoms with Crippen LogP contribution in [0.3, 0.4) is 0 Å². The lowest BCUT2D eigenvalue weighted by Gasteiger charge is -2.34. The zero-order valence-electron chi connectivity index (χ0n) is 13.0. The zero-order valence-corrected chi connectivity index (χ0v) is 13.0. The minimum atomic E-state index is -4.30. The van der Waals surface area contributed by atoms with Gasteiger partial charge in [0.1, 0.15) is 5.82 Å². The molecule has 1 atom stereocenters. The third kappa shape index (κ3) is 3.20. The Morgan fingerprint density at radius 1 is 1.29 bits per heavy atom. The van der Waals surface area contributed by atoms with Gasteiger partial charge in [0, 0.05) is 24.5 Å². The number of carbonyl (C=O) groups is 1. The van der Waals surface area contributed by atoms with Gasteiger partial charge in [-0.1, -0.05) is 0 Å². The van der Waals surface area contributed by atoms with Crippen LogP contribution in [-0.2, 0) is 0 Å². The van der Waals surface area contributed by atoms with Crippen LogP contribution in [0.4, 0.5) is 17.6 Å². The number of fused-ring (bicyclic) bond motifs is 1. The van der Waals surface area contributed by atoms with Crippen LogP contribution in [-0.4, -0.2) is 35.1 Å². The first-order valence-electron chi connectivity index (χ1n) is 7.68. The lowest BCUT2D eigenvalue weighted by molar-refractivity contribution is -0.184. The molecule has 2 aromatic rings. The molecule has 1 aliphatic rings. The molecule has 0 saturated carbocycles. The van der Waals surface area contributed by atoms with Crippen molar-refractivity contribution in [1.82, 2.24) is 9.88 Å². The Morgan fingerprint density at radius 3 is 2.75 bits per heavy atom. The minimum absolute atomic E-state index is 0.0432. The van der Waals surface area contributed by atoms with Gasteiger partial charge in [0.25, 0.3) is 5.91 Å². The fourth-order valence-corrected chi connectivity index (χ4v) is 3.05. The Hall–Kier alpha value is -2.18. The van der Waals surface area contributed by atoms with E-state index in [2.05, 4.69) is 4.98 Å². The maximum absolute atomic E-state index is 13.3. The normalized spacial score (nSPS) is 18.9. The molecule has 128 valence electrons. The summed E-state index contributed by atoms with van der Waals surface area (Å²) in [6.07, 6.45) is -3.93. The second-order valence-electron chi connectivity index (χ2n) is 6.09. The highest BCUT2D eigenvalue weighted by atomic mass is 19.4. The van der Waals surface area contributed by atoms with E-state index in [1.807, 2.05) is 0 Å². The monoisotopic (exact) mass is 340 g/mol. The second-order valence-corrected chi connectivity index (χ2v) is 6.09. The maximum atomic E-state index is 13.3. The number of alkyl halides is 3. The molecule has 7 heteroatoms. The average molecular weight is 340 g/mol. The van der Waals surface area contributed by atoms with Crippen molar-refractivity contribution in [1.29, 1.82) is 0 Å². The van der Waals surface area contributed by atoms with Gasteiger partial charge in [-0.2, -0.15) is 13.2 Å². The number of nitrogens with zero attached hydrogens (tertiary/aromatic N) is 2. The summed E-state index contributed by atoms with van der Waals surface area (Å²) in [5, 5.41) is 0.578. The Labute approximate surface area is 136 Å². The molecule has 1 fully saturated rings. The van der Waals surface area contributed by atoms with Crippen molar-refractivity contribution in [3.63, 3.8) is 0 Å². The van der Waals surface area contributed by atoms with E-state index < -0.39 is 23.8 Å². The molecule has 0 bridgehead atoms. The van der Waals surface area contributed by atoms with E-state index in [4.69, 9.17) is 0 Å². The average Bonchev–Trinajstić information content (AvgIpc) is 2.53. The Bertz CT molecular complexity index is 788. The first-order chi connectivity index (χ1) is 11.3. The molecule has 0 N–H and O–H groups in total. The molecular weight excluding hydrogens is 324 g/mol. The van der Waals surface area contributed by atoms with E-state index in [1.54, 1.807) is 13.0 Å². The SMILES string of the molecule is Cc1nc2cc(F)ccc2cc1C(=O)N1CCC[C@@H](C(F)(F)F)C1. The van der Waals surface area contributed by atoms with E-state index in [0.717, 1.165) is 0 Å². The lowest BCUT2D eigenvalue weighted by Crippen LogP contribution is -2.44. The fraction of sp³-hybridized carbons (Fsp3) is 0.412. The van der Waals surface area contributed by atoms with Gasteiger partial charge in [0.05, 0.1) is 22.7 Å². The zero-order chi connectivity index (χ0) is 17.5. The van der Waals surface area contributed by atoms with E-state index >= 15 is 0 Å². The molecule has 3 rings (SSSR count). The number of amides is 1. The van der Waals surface area contributed by atoms with Gasteiger partial charge in [0.15, 0.2) is 0 Å². The molecule has 1 aromatic heterocycles. The van der Waals surface area contributed by atoms with E-state index in [9.17, 15) is 22.4 Å². The molecule has 0 unspecified atom stereocenters. The van der Waals surface area contributed by atoms with Gasteiger partial charge >= 0.3 is 6.18 Å². The third-order valence-corrected chi connectivity index (χ3v) is 4.37. The number of hydrogen-bond acceptors (Lipinski definition) is 2. The van der Waals surface area contributed by atoms with Gasteiger partial charge in [0.2, 0.25) is 0 Å². The lowest BCUT2D eigenvalue weighted by atomic mass is 9.96. The van der Waals surface area contributed by atoms with E-state index in [0.29, 0.717) is 29.6 Å². The number of carbonyl (C=O) groups excluding carboxylic acids is 1. The third-order valence-electron chi connectivity index (χ3n) is 4.37. The standard InChI is InChI=1S/C17H16F4N2O/c1-10-14(7-11-4-5-13(18)8-15(11)22-10)16(24)23-6-2-3-12(9-23)17(19,20)21/h4-5,7-8,12H,2-3,6,9H2,1H3/t12-/m1/s1. The first-order valence-corrected chi connectivity index (χ1v) is 7.68. The van der Waals surface area contributed by atoms with E-state index in [1.165, 1.54) is 23.1 Å². The number of rotatable bonds is 1. The summed E-state index contributed by atoms with van der Waals surface area (Å²) < 4.78 is 52.0. The number of halogens is 4. The smallest absolute Gasteiger partial charge is 0.338 e. The highest BCUT2D eigenvalue weighted by Crippen LogP contribution is 2.33. The quantitative estimate of drug-likeness (QED) is 0.733. The van der Waals surface area contributed by atoms with Crippen LogP contribution < -0.4 is 0 Å². The van der Waals surface area contributed by atoms with Crippen LogP contribution >= 0.6 is 0 Å². The summed E-state index contributed by atoms with van der Waals surface area (Å²) in [5.74, 6) is -2.38. The van der Waals surface area contributed by atoms with Crippen LogP contribution in [0, 0.1) is 18.7 Å². The number of aromatic nitrogens is 1. The van der Waals surface area contributed by atoms with Crippen LogP contribution in [0.25, 0.3) is 10.9 Å². The van der Waals surface area contributed by atoms with Crippen molar-refractivity contribution < 1.29 is 22.4 Å². The van der Waals surface area contributed by atoms with Crippen LogP contribution in [0.15, 0.2) is 24.3 Å². The summed E-state index contributed by atoms with van der Waals surface area (Å²) >= 11 is 0. The van der Waals surface area contributed by atoms with Crippen LogP contribution in [0.2, 0.25) is 0 Å². The van der Waals surface area contributed by atoms with Crippen LogP contribution in [0.5, 0.6) is 0 Å². The van der Waals surface area contributed by atoms with Gasteiger partial charge < -0.3 is 4.90 Å². The van der Waals surface area contributed by atoms with Crippen molar-refractivity contribution in [3.05, 3.63) is 41.3 Å². The summed E-state index contributed by atoms with van der Waals surface area (Å²) in [6.45, 7) is 1.57. The maximum Gasteiger partial charge on any atom is 0.393 e. The molecule has 24 heavy (non-hydrogen) atoms. The van der Waals surface area contributed by atoms with Crippen LogP contribution in [0.1, 0.15) is 28.9 Å². The Morgan fingerprint density at radius 2 is 2.04 bits per heavy atom. The number of pyridine rings is 1. The number of aryl methyl sites for hydroxylation is 1. The highest BCUT2D eigenvalue weighted by Gasteiger charge is 2.42. The summed E-state index contributed by atoms with van der Waals surface area (Å²) in [7, 11) is 0. The molecule has 0 radical (unpaired) electrons. The van der Waals surface area contributed by atoms with Crippen molar-refractivity contribution in [2.45, 2.75) is 25.9 Å². The van der Waals surface area contributed by atoms with Crippen molar-refractivity contribution in [2.24, 2.45) is 5.92 Å². The number of likely N-dealkylation sites (tertiary alicyclic amines) is 1. The summed E-state index contributed by atoms with van der Waals surface area (Å²) in [6, 6.07) is 5.59. The van der Waals surface area contributed by atoms with Gasteiger partial charge in [-0.3, -0.25) is 9.78 Å². The Balaban J connectivity index is 1.90. The van der Waals surface area contributed by atoms with Crippen molar-refractivity contribution in [2.75, 3.05) is 13.1 Å². The molecule has 1 amide bonds. The molecule has 0 aliphatic carbocycles. The fourth-order valence-electron chi connectivity index (χ4n) is 3.05. The number of benzene rings is 1. The predicted molar refractivity (Wildman–Crippen MR) is 81.1 cm³/mol. The minimum Gasteiger partial charge on any atom is -0.338 e. The number of piperidine rings is 1. The van der Waals surface area contributed by atoms with E-state index in [-0.39, 0.29) is 18.5 Å². The van der Waals surface area contributed by atoms with Gasteiger partial charge in [-0.25, -0.2) is 4.39 Å². The molecule has 3 nitrogen and oxygen atoms in total. The van der Waals surface area contributed by atoms with Crippen molar-refractivity contribution >= 4 is 16.8 Å².